The minimum Gasteiger partial charge on any atom is -0.336 e. The van der Waals surface area contributed by atoms with Crippen molar-refractivity contribution in [2.24, 2.45) is 0 Å². The summed E-state index contributed by atoms with van der Waals surface area (Å²) in [6.07, 6.45) is 0. The van der Waals surface area contributed by atoms with Crippen LogP contribution in [-0.2, 0) is 10.0 Å². The van der Waals surface area contributed by atoms with Crippen LogP contribution in [0.1, 0.15) is 22.8 Å². The average molecular weight is 405 g/mol. The molecule has 0 spiro atoms. The second-order valence-electron chi connectivity index (χ2n) is 6.79. The summed E-state index contributed by atoms with van der Waals surface area (Å²) in [5.41, 5.74) is 0.917. The quantitative estimate of drug-likeness (QED) is 0.831. The number of carbonyl (C=O) groups is 1. The number of sulfonamides is 1. The topological polar surface area (TPSA) is 69.7 Å². The Balaban J connectivity index is 1.85. The number of anilines is 1. The van der Waals surface area contributed by atoms with E-state index in [1.54, 1.807) is 24.0 Å². The van der Waals surface area contributed by atoms with Crippen molar-refractivity contribution >= 4 is 21.6 Å². The molecule has 1 heterocycles. The Labute approximate surface area is 165 Å². The molecule has 0 radical (unpaired) electrons. The van der Waals surface area contributed by atoms with Crippen LogP contribution in [0.4, 0.5) is 10.1 Å². The number of para-hydroxylation sites is 1. The Morgan fingerprint density at radius 2 is 1.79 bits per heavy atom. The normalized spacial score (nSPS) is 15.5. The number of piperazine rings is 1. The van der Waals surface area contributed by atoms with Crippen LogP contribution in [-0.4, -0.2) is 56.8 Å². The monoisotopic (exact) mass is 405 g/mol. The van der Waals surface area contributed by atoms with Gasteiger partial charge in [-0.05, 0) is 43.3 Å². The molecule has 2 aromatic carbocycles. The summed E-state index contributed by atoms with van der Waals surface area (Å²) in [6, 6.07) is 9.94. The van der Waals surface area contributed by atoms with E-state index in [0.29, 0.717) is 24.2 Å². The van der Waals surface area contributed by atoms with Gasteiger partial charge >= 0.3 is 0 Å². The predicted octanol–water partition coefficient (Wildman–Crippen LogP) is 2.71. The molecule has 0 unspecified atom stereocenters. The lowest BCUT2D eigenvalue weighted by atomic mass is 10.1. The van der Waals surface area contributed by atoms with Crippen molar-refractivity contribution in [1.82, 2.24) is 9.80 Å². The highest BCUT2D eigenvalue weighted by molar-refractivity contribution is 7.92. The van der Waals surface area contributed by atoms with Crippen LogP contribution in [0.3, 0.4) is 0 Å². The maximum absolute atomic E-state index is 13.8. The standard InChI is InChI=1S/C20H24FN3O3S/c1-3-23-10-12-24(13-11-23)20(25)17-14-16(9-8-15(17)2)28(26,27)22-19-7-5-4-6-18(19)21/h4-9,14,22H,3,10-13H2,1-2H3. The van der Waals surface area contributed by atoms with Gasteiger partial charge in [-0.3, -0.25) is 9.52 Å². The van der Waals surface area contributed by atoms with Crippen LogP contribution in [0.25, 0.3) is 0 Å². The maximum Gasteiger partial charge on any atom is 0.262 e. The summed E-state index contributed by atoms with van der Waals surface area (Å²) >= 11 is 0. The number of amides is 1. The smallest absolute Gasteiger partial charge is 0.262 e. The molecule has 0 bridgehead atoms. The number of aryl methyl sites for hydroxylation is 1. The third-order valence-electron chi connectivity index (χ3n) is 4.97. The van der Waals surface area contributed by atoms with Gasteiger partial charge in [-0.15, -0.1) is 0 Å². The van der Waals surface area contributed by atoms with Gasteiger partial charge in [0.1, 0.15) is 5.82 Å². The molecule has 3 rings (SSSR count). The molecule has 1 aliphatic rings. The van der Waals surface area contributed by atoms with E-state index in [9.17, 15) is 17.6 Å². The first-order valence-electron chi connectivity index (χ1n) is 9.21. The summed E-state index contributed by atoms with van der Waals surface area (Å²) in [5.74, 6) is -0.848. The Morgan fingerprint density at radius 3 is 2.43 bits per heavy atom. The van der Waals surface area contributed by atoms with E-state index in [2.05, 4.69) is 16.5 Å². The van der Waals surface area contributed by atoms with Crippen LogP contribution in [0.2, 0.25) is 0 Å². The van der Waals surface area contributed by atoms with E-state index in [4.69, 9.17) is 0 Å². The fourth-order valence-electron chi connectivity index (χ4n) is 3.18. The zero-order valence-corrected chi connectivity index (χ0v) is 16.8. The van der Waals surface area contributed by atoms with Crippen molar-refractivity contribution in [3.8, 4) is 0 Å². The number of likely N-dealkylation sites (N-methyl/N-ethyl adjacent to an activating group) is 1. The lowest BCUT2D eigenvalue weighted by Gasteiger charge is -2.34. The first-order valence-corrected chi connectivity index (χ1v) is 10.7. The fourth-order valence-corrected chi connectivity index (χ4v) is 4.28. The van der Waals surface area contributed by atoms with E-state index in [1.807, 2.05) is 0 Å². The van der Waals surface area contributed by atoms with E-state index >= 15 is 0 Å². The average Bonchev–Trinajstić information content (AvgIpc) is 2.69. The molecule has 1 N–H and O–H groups in total. The number of carbonyl (C=O) groups excluding carboxylic acids is 1. The number of nitrogens with zero attached hydrogens (tertiary/aromatic N) is 2. The lowest BCUT2D eigenvalue weighted by Crippen LogP contribution is -2.48. The molecule has 0 aliphatic carbocycles. The molecule has 0 aromatic heterocycles. The SMILES string of the molecule is CCN1CCN(C(=O)c2cc(S(=O)(=O)Nc3ccccc3F)ccc2C)CC1. The van der Waals surface area contributed by atoms with Crippen molar-refractivity contribution in [2.45, 2.75) is 18.7 Å². The van der Waals surface area contributed by atoms with Crippen molar-refractivity contribution in [3.05, 3.63) is 59.4 Å². The number of rotatable bonds is 5. The van der Waals surface area contributed by atoms with E-state index in [-0.39, 0.29) is 16.5 Å². The molecule has 2 aromatic rings. The molecule has 0 atom stereocenters. The molecule has 0 saturated carbocycles. The number of nitrogens with one attached hydrogen (secondary N) is 1. The second-order valence-corrected chi connectivity index (χ2v) is 8.47. The van der Waals surface area contributed by atoms with Gasteiger partial charge < -0.3 is 9.80 Å². The molecule has 28 heavy (non-hydrogen) atoms. The molecule has 8 heteroatoms. The molecule has 1 fully saturated rings. The summed E-state index contributed by atoms with van der Waals surface area (Å²) in [5, 5.41) is 0. The van der Waals surface area contributed by atoms with Gasteiger partial charge in [0, 0.05) is 31.7 Å². The molecule has 150 valence electrons. The number of halogens is 1. The van der Waals surface area contributed by atoms with E-state index in [0.717, 1.165) is 19.6 Å². The van der Waals surface area contributed by atoms with Crippen molar-refractivity contribution in [3.63, 3.8) is 0 Å². The minimum absolute atomic E-state index is 0.0723. The molecular weight excluding hydrogens is 381 g/mol. The highest BCUT2D eigenvalue weighted by Gasteiger charge is 2.25. The highest BCUT2D eigenvalue weighted by Crippen LogP contribution is 2.22. The Bertz CT molecular complexity index is 970. The van der Waals surface area contributed by atoms with Gasteiger partial charge in [0.05, 0.1) is 10.6 Å². The van der Waals surface area contributed by atoms with Crippen LogP contribution < -0.4 is 4.72 Å². The van der Waals surface area contributed by atoms with Crippen LogP contribution in [0, 0.1) is 12.7 Å². The summed E-state index contributed by atoms with van der Waals surface area (Å²) in [4.78, 5) is 16.9. The number of hydrogen-bond donors (Lipinski definition) is 1. The van der Waals surface area contributed by atoms with Crippen LogP contribution in [0.15, 0.2) is 47.4 Å². The Hall–Kier alpha value is -2.45. The fraction of sp³-hybridized carbons (Fsp3) is 0.350. The predicted molar refractivity (Wildman–Crippen MR) is 106 cm³/mol. The van der Waals surface area contributed by atoms with Gasteiger partial charge in [-0.25, -0.2) is 12.8 Å². The van der Waals surface area contributed by atoms with Crippen molar-refractivity contribution in [1.29, 1.82) is 0 Å². The van der Waals surface area contributed by atoms with Crippen molar-refractivity contribution in [2.75, 3.05) is 37.4 Å². The van der Waals surface area contributed by atoms with Gasteiger partial charge in [0.25, 0.3) is 15.9 Å². The first kappa shape index (κ1) is 20.3. The molecule has 1 aliphatic heterocycles. The van der Waals surface area contributed by atoms with Crippen LogP contribution in [0.5, 0.6) is 0 Å². The van der Waals surface area contributed by atoms with Gasteiger partial charge in [-0.2, -0.15) is 0 Å². The lowest BCUT2D eigenvalue weighted by molar-refractivity contribution is 0.0642. The van der Waals surface area contributed by atoms with Crippen LogP contribution >= 0.6 is 0 Å². The molecule has 6 nitrogen and oxygen atoms in total. The van der Waals surface area contributed by atoms with Gasteiger partial charge in [0.2, 0.25) is 0 Å². The number of hydrogen-bond acceptors (Lipinski definition) is 4. The summed E-state index contributed by atoms with van der Waals surface area (Å²) in [6.45, 7) is 7.61. The second kappa shape index (κ2) is 8.28. The third kappa shape index (κ3) is 4.34. The maximum atomic E-state index is 13.8. The largest absolute Gasteiger partial charge is 0.336 e. The first-order chi connectivity index (χ1) is 13.3. The zero-order chi connectivity index (χ0) is 20.3. The third-order valence-corrected chi connectivity index (χ3v) is 6.34. The molecular formula is C20H24FN3O3S. The van der Waals surface area contributed by atoms with Gasteiger partial charge in [-0.1, -0.05) is 25.1 Å². The molecule has 1 amide bonds. The Kier molecular flexibility index (Phi) is 6.00. The van der Waals surface area contributed by atoms with E-state index < -0.39 is 15.8 Å². The zero-order valence-electron chi connectivity index (χ0n) is 16.0. The highest BCUT2D eigenvalue weighted by atomic mass is 32.2. The van der Waals surface area contributed by atoms with Crippen molar-refractivity contribution < 1.29 is 17.6 Å². The summed E-state index contributed by atoms with van der Waals surface area (Å²) < 4.78 is 41.4. The van der Waals surface area contributed by atoms with Gasteiger partial charge in [0.15, 0.2) is 0 Å². The number of benzene rings is 2. The van der Waals surface area contributed by atoms with E-state index in [1.165, 1.54) is 30.3 Å². The Morgan fingerprint density at radius 1 is 1.11 bits per heavy atom. The molecule has 1 saturated heterocycles. The minimum atomic E-state index is -4.02. The summed E-state index contributed by atoms with van der Waals surface area (Å²) in [7, 11) is -4.02.